The van der Waals surface area contributed by atoms with Crippen LogP contribution in [0.2, 0.25) is 0 Å². The molecule has 2 heteroatoms. The topological polar surface area (TPSA) is 26.3 Å². The molecule has 0 aromatic carbocycles. The normalized spacial score (nSPS) is 12.2. The average Bonchev–Trinajstić information content (AvgIpc) is 2.34. The van der Waals surface area contributed by atoms with Crippen molar-refractivity contribution in [2.45, 2.75) is 59.8 Å². The lowest BCUT2D eigenvalue weighted by Crippen LogP contribution is -1.89. The van der Waals surface area contributed by atoms with Gasteiger partial charge in [0.1, 0.15) is 0 Å². The van der Waals surface area contributed by atoms with Crippen LogP contribution >= 0.6 is 0 Å². The van der Waals surface area contributed by atoms with Gasteiger partial charge >= 0.3 is 0 Å². The van der Waals surface area contributed by atoms with E-state index in [1.807, 2.05) is 0 Å². The molecular weight excluding hydrogens is 236 g/mol. The van der Waals surface area contributed by atoms with Gasteiger partial charge in [-0.25, -0.2) is 0 Å². The smallest absolute Gasteiger partial charge is 0.293 e. The summed E-state index contributed by atoms with van der Waals surface area (Å²) < 4.78 is 4.65. The SMILES string of the molecule is CC(C)=CCCC(C)=CCCC(C)=CCCOC=O. The molecule has 0 aliphatic rings. The van der Waals surface area contributed by atoms with E-state index in [9.17, 15) is 4.79 Å². The summed E-state index contributed by atoms with van der Waals surface area (Å²) in [7, 11) is 0. The lowest BCUT2D eigenvalue weighted by molar-refractivity contribution is -0.128. The second kappa shape index (κ2) is 11.8. The summed E-state index contributed by atoms with van der Waals surface area (Å²) in [4.78, 5) is 9.97. The highest BCUT2D eigenvalue weighted by molar-refractivity contribution is 5.36. The molecule has 0 radical (unpaired) electrons. The van der Waals surface area contributed by atoms with Crippen LogP contribution < -0.4 is 0 Å². The van der Waals surface area contributed by atoms with Gasteiger partial charge in [0, 0.05) is 0 Å². The van der Waals surface area contributed by atoms with E-state index in [-0.39, 0.29) is 0 Å². The zero-order valence-corrected chi connectivity index (χ0v) is 12.9. The average molecular weight is 264 g/mol. The third-order valence-corrected chi connectivity index (χ3v) is 2.92. The number of allylic oxidation sites excluding steroid dienone is 5. The minimum atomic E-state index is 0.485. The van der Waals surface area contributed by atoms with Gasteiger partial charge in [0.05, 0.1) is 6.61 Å². The van der Waals surface area contributed by atoms with Crippen LogP contribution in [0.15, 0.2) is 34.9 Å². The Morgan fingerprint density at radius 1 is 0.842 bits per heavy atom. The molecule has 0 atom stereocenters. The fourth-order valence-corrected chi connectivity index (χ4v) is 1.76. The molecule has 19 heavy (non-hydrogen) atoms. The van der Waals surface area contributed by atoms with Crippen LogP contribution in [0.1, 0.15) is 59.8 Å². The van der Waals surface area contributed by atoms with Crippen molar-refractivity contribution in [1.82, 2.24) is 0 Å². The molecule has 0 heterocycles. The molecule has 0 amide bonds. The lowest BCUT2D eigenvalue weighted by Gasteiger charge is -2.01. The van der Waals surface area contributed by atoms with E-state index in [1.54, 1.807) is 0 Å². The zero-order chi connectivity index (χ0) is 14.5. The Hall–Kier alpha value is -1.31. The van der Waals surface area contributed by atoms with E-state index in [0.717, 1.165) is 32.1 Å². The molecule has 2 nitrogen and oxygen atoms in total. The maximum atomic E-state index is 9.97. The molecule has 0 aliphatic heterocycles. The van der Waals surface area contributed by atoms with Crippen molar-refractivity contribution < 1.29 is 9.53 Å². The minimum Gasteiger partial charge on any atom is -0.468 e. The molecule has 0 aromatic rings. The highest BCUT2D eigenvalue weighted by Crippen LogP contribution is 2.11. The van der Waals surface area contributed by atoms with Crippen molar-refractivity contribution in [3.8, 4) is 0 Å². The molecule has 0 N–H and O–H groups in total. The van der Waals surface area contributed by atoms with Gasteiger partial charge in [-0.2, -0.15) is 0 Å². The van der Waals surface area contributed by atoms with Gasteiger partial charge in [0.2, 0.25) is 0 Å². The van der Waals surface area contributed by atoms with Gasteiger partial charge in [-0.1, -0.05) is 34.9 Å². The molecule has 0 saturated carbocycles. The number of carbonyl (C=O) groups is 1. The highest BCUT2D eigenvalue weighted by Gasteiger charge is 1.92. The number of ether oxygens (including phenoxy) is 1. The summed E-state index contributed by atoms with van der Waals surface area (Å²) in [6.07, 6.45) is 12.1. The molecular formula is C17H28O2. The summed E-state index contributed by atoms with van der Waals surface area (Å²) in [6, 6.07) is 0. The van der Waals surface area contributed by atoms with Gasteiger partial charge in [-0.3, -0.25) is 4.79 Å². The predicted octanol–water partition coefficient (Wildman–Crippen LogP) is 4.97. The maximum absolute atomic E-state index is 9.97. The van der Waals surface area contributed by atoms with Crippen molar-refractivity contribution in [1.29, 1.82) is 0 Å². The monoisotopic (exact) mass is 264 g/mol. The highest BCUT2D eigenvalue weighted by atomic mass is 16.5. The van der Waals surface area contributed by atoms with Gasteiger partial charge in [0.25, 0.3) is 6.47 Å². The Labute approximate surface area is 118 Å². The Morgan fingerprint density at radius 2 is 1.37 bits per heavy atom. The summed E-state index contributed by atoms with van der Waals surface area (Å²) in [5.41, 5.74) is 4.22. The number of hydrogen-bond acceptors (Lipinski definition) is 2. The quantitative estimate of drug-likeness (QED) is 0.316. The summed E-state index contributed by atoms with van der Waals surface area (Å²) in [6.45, 7) is 9.60. The third-order valence-electron chi connectivity index (χ3n) is 2.92. The zero-order valence-electron chi connectivity index (χ0n) is 12.9. The first-order chi connectivity index (χ1) is 9.06. The van der Waals surface area contributed by atoms with Crippen molar-refractivity contribution in [2.75, 3.05) is 6.61 Å². The summed E-state index contributed by atoms with van der Waals surface area (Å²) in [5.74, 6) is 0. The first-order valence-corrected chi connectivity index (χ1v) is 7.06. The predicted molar refractivity (Wildman–Crippen MR) is 82.0 cm³/mol. The van der Waals surface area contributed by atoms with Crippen molar-refractivity contribution in [2.24, 2.45) is 0 Å². The number of rotatable bonds is 10. The fraction of sp³-hybridized carbons (Fsp3) is 0.588. The second-order valence-corrected chi connectivity index (χ2v) is 5.22. The Kier molecular flexibility index (Phi) is 11.0. The first-order valence-electron chi connectivity index (χ1n) is 7.06. The number of hydrogen-bond donors (Lipinski definition) is 0. The first kappa shape index (κ1) is 17.7. The van der Waals surface area contributed by atoms with E-state index in [2.05, 4.69) is 50.7 Å². The Bertz CT molecular complexity index is 331. The third kappa shape index (κ3) is 12.9. The molecule has 108 valence electrons. The van der Waals surface area contributed by atoms with E-state index in [1.165, 1.54) is 16.7 Å². The van der Waals surface area contributed by atoms with Crippen LogP contribution in [0.3, 0.4) is 0 Å². The van der Waals surface area contributed by atoms with E-state index in [4.69, 9.17) is 0 Å². The van der Waals surface area contributed by atoms with Crippen LogP contribution in [0.25, 0.3) is 0 Å². The van der Waals surface area contributed by atoms with Gasteiger partial charge in [-0.05, 0) is 59.8 Å². The molecule has 0 unspecified atom stereocenters. The minimum absolute atomic E-state index is 0.485. The maximum Gasteiger partial charge on any atom is 0.293 e. The fourth-order valence-electron chi connectivity index (χ4n) is 1.76. The number of carbonyl (C=O) groups excluding carboxylic acids is 1. The molecule has 0 aliphatic carbocycles. The van der Waals surface area contributed by atoms with Crippen molar-refractivity contribution >= 4 is 6.47 Å². The summed E-state index contributed by atoms with van der Waals surface area (Å²) >= 11 is 0. The molecule has 0 aromatic heterocycles. The van der Waals surface area contributed by atoms with Gasteiger partial charge in [-0.15, -0.1) is 0 Å². The van der Waals surface area contributed by atoms with Crippen molar-refractivity contribution in [3.05, 3.63) is 34.9 Å². The van der Waals surface area contributed by atoms with Gasteiger partial charge < -0.3 is 4.74 Å². The second-order valence-electron chi connectivity index (χ2n) is 5.22. The van der Waals surface area contributed by atoms with Crippen LogP contribution in [0, 0.1) is 0 Å². The van der Waals surface area contributed by atoms with E-state index >= 15 is 0 Å². The van der Waals surface area contributed by atoms with Crippen LogP contribution in [0.5, 0.6) is 0 Å². The van der Waals surface area contributed by atoms with Crippen LogP contribution in [0.4, 0.5) is 0 Å². The van der Waals surface area contributed by atoms with E-state index < -0.39 is 0 Å². The van der Waals surface area contributed by atoms with Gasteiger partial charge in [0.15, 0.2) is 0 Å². The van der Waals surface area contributed by atoms with Crippen molar-refractivity contribution in [3.63, 3.8) is 0 Å². The standard InChI is InChI=1S/C17H28O2/c1-15(2)8-5-9-16(3)10-6-11-17(4)12-7-13-19-14-18/h8,10,12,14H,5-7,9,11,13H2,1-4H3. The van der Waals surface area contributed by atoms with E-state index in [0.29, 0.717) is 13.1 Å². The largest absolute Gasteiger partial charge is 0.468 e. The molecule has 0 rings (SSSR count). The lowest BCUT2D eigenvalue weighted by atomic mass is 10.1. The van der Waals surface area contributed by atoms with Crippen LogP contribution in [-0.4, -0.2) is 13.1 Å². The molecule has 0 saturated heterocycles. The molecule has 0 spiro atoms. The van der Waals surface area contributed by atoms with Crippen LogP contribution in [-0.2, 0) is 9.53 Å². The molecule has 0 bridgehead atoms. The molecule has 0 fully saturated rings. The Morgan fingerprint density at radius 3 is 1.89 bits per heavy atom. The Balaban J connectivity index is 3.80. The summed E-state index contributed by atoms with van der Waals surface area (Å²) in [5, 5.41) is 0.